The molecule has 0 aromatic heterocycles. The van der Waals surface area contributed by atoms with Gasteiger partial charge in [-0.05, 0) is 26.2 Å². The fraction of sp³-hybridized carbons (Fsp3) is 0.824. The standard InChI is InChI=1S/C17H28O4/c1-3-12(18)5-6-14-15(17-8-7-16(14)21-17)11-13(19)9-10-20-4-2/h5-6,12,14-18H,3-4,7-11H2,1-2H3/t12?,14-,15+,16-,17+/m0/s1. The van der Waals surface area contributed by atoms with E-state index in [1.807, 2.05) is 19.9 Å². The molecular formula is C17H28O4. The summed E-state index contributed by atoms with van der Waals surface area (Å²) in [6, 6.07) is 0. The summed E-state index contributed by atoms with van der Waals surface area (Å²) in [5.74, 6) is 0.818. The first-order valence-electron chi connectivity index (χ1n) is 8.27. The van der Waals surface area contributed by atoms with Gasteiger partial charge in [-0.25, -0.2) is 0 Å². The second-order valence-electron chi connectivity index (χ2n) is 6.08. The molecule has 0 amide bonds. The fourth-order valence-electron chi connectivity index (χ4n) is 3.43. The number of hydrogen-bond acceptors (Lipinski definition) is 4. The molecule has 0 aromatic rings. The first-order valence-corrected chi connectivity index (χ1v) is 8.27. The fourth-order valence-corrected chi connectivity index (χ4v) is 3.43. The maximum absolute atomic E-state index is 12.1. The largest absolute Gasteiger partial charge is 0.389 e. The summed E-state index contributed by atoms with van der Waals surface area (Å²) in [5, 5.41) is 9.69. The number of Topliss-reactive ketones (excluding diaryl/α,β-unsaturated/α-hetero) is 1. The lowest BCUT2D eigenvalue weighted by atomic mass is 9.76. The molecule has 2 aliphatic heterocycles. The molecule has 5 atom stereocenters. The summed E-state index contributed by atoms with van der Waals surface area (Å²) in [4.78, 5) is 12.1. The second kappa shape index (κ2) is 8.06. The quantitative estimate of drug-likeness (QED) is 0.524. The minimum Gasteiger partial charge on any atom is -0.389 e. The zero-order valence-electron chi connectivity index (χ0n) is 13.2. The lowest BCUT2D eigenvalue weighted by molar-refractivity contribution is -0.121. The van der Waals surface area contributed by atoms with Crippen LogP contribution in [-0.4, -0.2) is 42.4 Å². The molecule has 0 radical (unpaired) electrons. The van der Waals surface area contributed by atoms with E-state index in [0.29, 0.717) is 26.1 Å². The van der Waals surface area contributed by atoms with Gasteiger partial charge in [0.2, 0.25) is 0 Å². The molecule has 21 heavy (non-hydrogen) atoms. The Kier molecular flexibility index (Phi) is 6.40. The van der Waals surface area contributed by atoms with Crippen molar-refractivity contribution in [3.05, 3.63) is 12.2 Å². The molecule has 1 unspecified atom stereocenters. The van der Waals surface area contributed by atoms with Gasteiger partial charge in [0.25, 0.3) is 0 Å². The molecule has 2 heterocycles. The summed E-state index contributed by atoms with van der Waals surface area (Å²) >= 11 is 0. The topological polar surface area (TPSA) is 55.8 Å². The highest BCUT2D eigenvalue weighted by molar-refractivity contribution is 5.78. The van der Waals surface area contributed by atoms with Crippen LogP contribution in [0, 0.1) is 11.8 Å². The highest BCUT2D eigenvalue weighted by atomic mass is 16.5. The van der Waals surface area contributed by atoms with Gasteiger partial charge in [0.05, 0.1) is 24.9 Å². The van der Waals surface area contributed by atoms with Gasteiger partial charge in [-0.2, -0.15) is 0 Å². The van der Waals surface area contributed by atoms with Crippen LogP contribution in [0.1, 0.15) is 46.0 Å². The molecule has 2 bridgehead atoms. The summed E-state index contributed by atoms with van der Waals surface area (Å²) in [7, 11) is 0. The molecule has 4 nitrogen and oxygen atoms in total. The maximum atomic E-state index is 12.1. The van der Waals surface area contributed by atoms with Gasteiger partial charge >= 0.3 is 0 Å². The third kappa shape index (κ3) is 4.38. The van der Waals surface area contributed by atoms with E-state index in [0.717, 1.165) is 19.3 Å². The van der Waals surface area contributed by atoms with Crippen molar-refractivity contribution in [3.63, 3.8) is 0 Å². The van der Waals surface area contributed by atoms with Crippen LogP contribution < -0.4 is 0 Å². The average Bonchev–Trinajstić information content (AvgIpc) is 3.06. The van der Waals surface area contributed by atoms with Crippen LogP contribution in [0.15, 0.2) is 12.2 Å². The smallest absolute Gasteiger partial charge is 0.135 e. The number of aliphatic hydroxyl groups excluding tert-OH is 1. The van der Waals surface area contributed by atoms with Crippen LogP contribution >= 0.6 is 0 Å². The first-order chi connectivity index (χ1) is 10.2. The zero-order chi connectivity index (χ0) is 15.2. The van der Waals surface area contributed by atoms with Gasteiger partial charge in [0, 0.05) is 31.3 Å². The highest BCUT2D eigenvalue weighted by Crippen LogP contribution is 2.45. The van der Waals surface area contributed by atoms with E-state index in [9.17, 15) is 9.90 Å². The van der Waals surface area contributed by atoms with Gasteiger partial charge in [-0.3, -0.25) is 4.79 Å². The molecule has 2 aliphatic rings. The number of rotatable bonds is 9. The van der Waals surface area contributed by atoms with Gasteiger partial charge in [0.1, 0.15) is 5.78 Å². The van der Waals surface area contributed by atoms with Crippen LogP contribution in [0.4, 0.5) is 0 Å². The Morgan fingerprint density at radius 2 is 2.14 bits per heavy atom. The molecule has 0 aliphatic carbocycles. The van der Waals surface area contributed by atoms with Crippen LogP contribution in [0.25, 0.3) is 0 Å². The SMILES string of the molecule is CCOCCC(=O)C[C@@H]1[C@H](C=CC(O)CC)[C@@H]2CC[C@H]1O2. The number of ether oxygens (including phenoxy) is 2. The monoisotopic (exact) mass is 296 g/mol. The van der Waals surface area contributed by atoms with E-state index < -0.39 is 6.10 Å². The van der Waals surface area contributed by atoms with Gasteiger partial charge in [-0.1, -0.05) is 19.1 Å². The van der Waals surface area contributed by atoms with E-state index in [1.54, 1.807) is 0 Å². The van der Waals surface area contributed by atoms with Crippen molar-refractivity contribution in [2.75, 3.05) is 13.2 Å². The van der Waals surface area contributed by atoms with Crippen molar-refractivity contribution in [1.82, 2.24) is 0 Å². The molecule has 2 saturated heterocycles. The number of fused-ring (bicyclic) bond motifs is 2. The first kappa shape index (κ1) is 16.7. The van der Waals surface area contributed by atoms with Crippen molar-refractivity contribution < 1.29 is 19.4 Å². The highest BCUT2D eigenvalue weighted by Gasteiger charge is 2.47. The Labute approximate surface area is 127 Å². The minimum absolute atomic E-state index is 0.222. The molecule has 0 aromatic carbocycles. The second-order valence-corrected chi connectivity index (χ2v) is 6.08. The number of carbonyl (C=O) groups excluding carboxylic acids is 1. The summed E-state index contributed by atoms with van der Waals surface area (Å²) in [5.41, 5.74) is 0. The van der Waals surface area contributed by atoms with Gasteiger partial charge < -0.3 is 14.6 Å². The van der Waals surface area contributed by atoms with E-state index in [-0.39, 0.29) is 29.8 Å². The van der Waals surface area contributed by atoms with Gasteiger partial charge in [0.15, 0.2) is 0 Å². The third-order valence-electron chi connectivity index (χ3n) is 4.65. The number of ketones is 1. The minimum atomic E-state index is -0.390. The van der Waals surface area contributed by atoms with E-state index in [4.69, 9.17) is 9.47 Å². The molecule has 4 heteroatoms. The molecule has 120 valence electrons. The van der Waals surface area contributed by atoms with Crippen LogP contribution in [0.2, 0.25) is 0 Å². The zero-order valence-corrected chi connectivity index (χ0v) is 13.2. The average molecular weight is 296 g/mol. The Hall–Kier alpha value is -0.710. The summed E-state index contributed by atoms with van der Waals surface area (Å²) in [6.45, 7) is 5.08. The lowest BCUT2D eigenvalue weighted by Crippen LogP contribution is -2.28. The Balaban J connectivity index is 1.89. The molecule has 1 N–H and O–H groups in total. The molecular weight excluding hydrogens is 268 g/mol. The Morgan fingerprint density at radius 1 is 1.38 bits per heavy atom. The van der Waals surface area contributed by atoms with Crippen molar-refractivity contribution in [2.24, 2.45) is 11.8 Å². The van der Waals surface area contributed by atoms with Crippen molar-refractivity contribution in [2.45, 2.75) is 64.3 Å². The summed E-state index contributed by atoms with van der Waals surface area (Å²) < 4.78 is 11.2. The van der Waals surface area contributed by atoms with E-state index in [2.05, 4.69) is 6.08 Å². The van der Waals surface area contributed by atoms with Crippen molar-refractivity contribution in [1.29, 1.82) is 0 Å². The van der Waals surface area contributed by atoms with E-state index >= 15 is 0 Å². The molecule has 2 fully saturated rings. The predicted molar refractivity (Wildman–Crippen MR) is 81.0 cm³/mol. The van der Waals surface area contributed by atoms with E-state index in [1.165, 1.54) is 0 Å². The maximum Gasteiger partial charge on any atom is 0.135 e. The number of aliphatic hydroxyl groups is 1. The van der Waals surface area contributed by atoms with Crippen LogP contribution in [-0.2, 0) is 14.3 Å². The molecule has 0 saturated carbocycles. The number of hydrogen-bond donors (Lipinski definition) is 1. The Morgan fingerprint density at radius 3 is 2.86 bits per heavy atom. The lowest BCUT2D eigenvalue weighted by Gasteiger charge is -2.25. The Bertz CT molecular complexity index is 366. The normalized spacial score (nSPS) is 32.9. The molecule has 2 rings (SSSR count). The summed E-state index contributed by atoms with van der Waals surface area (Å²) in [6.07, 6.45) is 7.94. The van der Waals surface area contributed by atoms with Gasteiger partial charge in [-0.15, -0.1) is 0 Å². The number of carbonyl (C=O) groups is 1. The third-order valence-corrected chi connectivity index (χ3v) is 4.65. The molecule has 0 spiro atoms. The van der Waals surface area contributed by atoms with Crippen LogP contribution in [0.3, 0.4) is 0 Å². The van der Waals surface area contributed by atoms with Crippen molar-refractivity contribution >= 4 is 5.78 Å². The predicted octanol–water partition coefficient (Wildman–Crippen LogP) is 2.49. The van der Waals surface area contributed by atoms with Crippen LogP contribution in [0.5, 0.6) is 0 Å². The van der Waals surface area contributed by atoms with Crippen molar-refractivity contribution in [3.8, 4) is 0 Å².